The number of halogens is 4. The summed E-state index contributed by atoms with van der Waals surface area (Å²) in [4.78, 5) is 4.23. The summed E-state index contributed by atoms with van der Waals surface area (Å²) in [5.74, 6) is -3.69. The lowest BCUT2D eigenvalue weighted by atomic mass is 9.96. The number of aryl methyl sites for hydroxylation is 1. The van der Waals surface area contributed by atoms with Crippen molar-refractivity contribution in [3.63, 3.8) is 0 Å². The highest BCUT2D eigenvalue weighted by Gasteiger charge is 2.23. The number of hydrogen-bond acceptors (Lipinski definition) is 5. The zero-order chi connectivity index (χ0) is 24.2. The summed E-state index contributed by atoms with van der Waals surface area (Å²) in [5.41, 5.74) is 2.70. The molecule has 1 atom stereocenters. The van der Waals surface area contributed by atoms with Crippen LogP contribution in [0.3, 0.4) is 0 Å². The first kappa shape index (κ1) is 23.6. The van der Waals surface area contributed by atoms with Gasteiger partial charge in [0.2, 0.25) is 11.8 Å². The van der Waals surface area contributed by atoms with Crippen LogP contribution in [0.25, 0.3) is 17.8 Å². The minimum Gasteiger partial charge on any atom is -0.495 e. The molecule has 34 heavy (non-hydrogen) atoms. The van der Waals surface area contributed by atoms with E-state index in [4.69, 9.17) is 20.8 Å². The Morgan fingerprint density at radius 3 is 2.53 bits per heavy atom. The Balaban J connectivity index is 1.57. The van der Waals surface area contributed by atoms with Gasteiger partial charge >= 0.3 is 0 Å². The molecule has 0 aliphatic carbocycles. The fourth-order valence-electron chi connectivity index (χ4n) is 3.50. The fourth-order valence-corrected chi connectivity index (χ4v) is 3.72. The maximum atomic E-state index is 13.7. The van der Waals surface area contributed by atoms with Gasteiger partial charge in [0.1, 0.15) is 5.75 Å². The third-order valence-electron chi connectivity index (χ3n) is 5.17. The van der Waals surface area contributed by atoms with Crippen LogP contribution in [0, 0.1) is 24.4 Å². The number of ether oxygens (including phenoxy) is 1. The van der Waals surface area contributed by atoms with Crippen molar-refractivity contribution in [1.82, 2.24) is 19.7 Å². The second kappa shape index (κ2) is 10.1. The molecular formula is C24H20ClF3N4O2. The van der Waals surface area contributed by atoms with E-state index < -0.39 is 23.4 Å². The minimum absolute atomic E-state index is 0.120. The molecule has 176 valence electrons. The Morgan fingerprint density at radius 2 is 1.88 bits per heavy atom. The van der Waals surface area contributed by atoms with Gasteiger partial charge in [-0.15, -0.1) is 21.8 Å². The van der Waals surface area contributed by atoms with Crippen molar-refractivity contribution in [1.29, 1.82) is 0 Å². The van der Waals surface area contributed by atoms with Crippen molar-refractivity contribution in [2.75, 3.05) is 13.0 Å². The maximum Gasteiger partial charge on any atom is 0.240 e. The standard InChI is InChI=1S/C24H20ClF3N4O2/c1-14-12-32(13-29-14)20-5-3-15(9-21(20)33-2)4-6-22-30-31-24(34-22)17(7-8-25)16-10-18(26)23(28)19(27)11-16/h3-6,9-13,17H,7-8H2,1-2H3/b6-4+. The highest BCUT2D eigenvalue weighted by Crippen LogP contribution is 2.30. The number of alkyl halides is 1. The van der Waals surface area contributed by atoms with E-state index >= 15 is 0 Å². The van der Waals surface area contributed by atoms with E-state index in [1.54, 1.807) is 25.6 Å². The summed E-state index contributed by atoms with van der Waals surface area (Å²) in [6.45, 7) is 1.90. The minimum atomic E-state index is -1.54. The summed E-state index contributed by atoms with van der Waals surface area (Å²) in [6, 6.07) is 7.45. The van der Waals surface area contributed by atoms with Gasteiger partial charge in [-0.05, 0) is 54.8 Å². The molecule has 0 radical (unpaired) electrons. The van der Waals surface area contributed by atoms with Crippen LogP contribution in [-0.2, 0) is 0 Å². The van der Waals surface area contributed by atoms with Crippen molar-refractivity contribution < 1.29 is 22.3 Å². The van der Waals surface area contributed by atoms with Crippen LogP contribution in [0.1, 0.15) is 40.9 Å². The van der Waals surface area contributed by atoms with Crippen LogP contribution >= 0.6 is 11.6 Å². The van der Waals surface area contributed by atoms with E-state index in [0.29, 0.717) is 5.75 Å². The molecule has 0 amide bonds. The molecule has 2 aromatic heterocycles. The van der Waals surface area contributed by atoms with Crippen molar-refractivity contribution in [2.24, 2.45) is 0 Å². The zero-order valence-electron chi connectivity index (χ0n) is 18.3. The quantitative estimate of drug-likeness (QED) is 0.227. The Morgan fingerprint density at radius 1 is 1.12 bits per heavy atom. The molecule has 0 aliphatic rings. The van der Waals surface area contributed by atoms with Gasteiger partial charge in [0, 0.05) is 18.2 Å². The molecule has 0 bridgehead atoms. The van der Waals surface area contributed by atoms with Crippen molar-refractivity contribution in [3.05, 3.63) is 88.9 Å². The lowest BCUT2D eigenvalue weighted by molar-refractivity contribution is 0.413. The first-order valence-corrected chi connectivity index (χ1v) is 10.8. The van der Waals surface area contributed by atoms with Gasteiger partial charge in [-0.25, -0.2) is 18.2 Å². The predicted octanol–water partition coefficient (Wildman–Crippen LogP) is 5.92. The molecule has 4 aromatic rings. The second-order valence-corrected chi connectivity index (χ2v) is 7.87. The Kier molecular flexibility index (Phi) is 7.02. The monoisotopic (exact) mass is 488 g/mol. The molecule has 1 unspecified atom stereocenters. The van der Waals surface area contributed by atoms with E-state index in [-0.39, 0.29) is 29.6 Å². The number of imidazole rings is 1. The number of hydrogen-bond donors (Lipinski definition) is 0. The van der Waals surface area contributed by atoms with Gasteiger partial charge in [0.25, 0.3) is 0 Å². The molecule has 0 saturated heterocycles. The summed E-state index contributed by atoms with van der Waals surface area (Å²) in [5, 5.41) is 7.98. The van der Waals surface area contributed by atoms with Crippen molar-refractivity contribution in [3.8, 4) is 11.4 Å². The smallest absolute Gasteiger partial charge is 0.240 e. The first-order chi connectivity index (χ1) is 16.4. The number of nitrogens with zero attached hydrogens (tertiary/aromatic N) is 4. The van der Waals surface area contributed by atoms with Crippen LogP contribution < -0.4 is 4.74 Å². The SMILES string of the molecule is COc1cc(/C=C/c2nnc(C(CCCl)c3cc(F)c(F)c(F)c3)o2)ccc1-n1cnc(C)c1. The number of benzene rings is 2. The van der Waals surface area contributed by atoms with Crippen LogP contribution in [0.4, 0.5) is 13.2 Å². The van der Waals surface area contributed by atoms with Crippen LogP contribution in [0.15, 0.2) is 47.3 Å². The molecule has 0 aliphatic heterocycles. The lowest BCUT2D eigenvalue weighted by Crippen LogP contribution is -2.05. The van der Waals surface area contributed by atoms with Gasteiger partial charge < -0.3 is 13.7 Å². The molecular weight excluding hydrogens is 469 g/mol. The molecule has 0 N–H and O–H groups in total. The van der Waals surface area contributed by atoms with Gasteiger partial charge in [0.05, 0.1) is 30.7 Å². The zero-order valence-corrected chi connectivity index (χ0v) is 19.1. The number of aromatic nitrogens is 4. The van der Waals surface area contributed by atoms with Gasteiger partial charge in [-0.2, -0.15) is 0 Å². The van der Waals surface area contributed by atoms with Gasteiger partial charge in [-0.3, -0.25) is 0 Å². The molecule has 0 saturated carbocycles. The van der Waals surface area contributed by atoms with E-state index in [2.05, 4.69) is 15.2 Å². The normalized spacial score (nSPS) is 12.4. The van der Waals surface area contributed by atoms with Crippen molar-refractivity contribution in [2.45, 2.75) is 19.3 Å². The highest BCUT2D eigenvalue weighted by molar-refractivity contribution is 6.17. The van der Waals surface area contributed by atoms with E-state index in [1.165, 1.54) is 0 Å². The average molecular weight is 489 g/mol. The third kappa shape index (κ3) is 4.99. The largest absolute Gasteiger partial charge is 0.495 e. The molecule has 2 aromatic carbocycles. The Bertz CT molecular complexity index is 1310. The molecule has 6 nitrogen and oxygen atoms in total. The maximum absolute atomic E-state index is 13.7. The van der Waals surface area contributed by atoms with E-state index in [9.17, 15) is 13.2 Å². The van der Waals surface area contributed by atoms with Crippen molar-refractivity contribution >= 4 is 23.8 Å². The number of rotatable bonds is 8. The summed E-state index contributed by atoms with van der Waals surface area (Å²) in [7, 11) is 1.58. The lowest BCUT2D eigenvalue weighted by Gasteiger charge is -2.12. The predicted molar refractivity (Wildman–Crippen MR) is 122 cm³/mol. The molecule has 2 heterocycles. The Labute approximate surface area is 198 Å². The van der Waals surface area contributed by atoms with Gasteiger partial charge in [0.15, 0.2) is 17.5 Å². The summed E-state index contributed by atoms with van der Waals surface area (Å²) >= 11 is 5.86. The first-order valence-electron chi connectivity index (χ1n) is 10.3. The van der Waals surface area contributed by atoms with Crippen LogP contribution in [-0.4, -0.2) is 32.7 Å². The topological polar surface area (TPSA) is 66.0 Å². The van der Waals surface area contributed by atoms with Gasteiger partial charge in [-0.1, -0.05) is 6.07 Å². The molecule has 0 fully saturated rings. The highest BCUT2D eigenvalue weighted by atomic mass is 35.5. The fraction of sp³-hybridized carbons (Fsp3) is 0.208. The van der Waals surface area contributed by atoms with E-state index in [1.807, 2.05) is 35.9 Å². The van der Waals surface area contributed by atoms with Crippen LogP contribution in [0.5, 0.6) is 5.75 Å². The van der Waals surface area contributed by atoms with Crippen LogP contribution in [0.2, 0.25) is 0 Å². The molecule has 10 heteroatoms. The average Bonchev–Trinajstić information content (AvgIpc) is 3.48. The molecule has 0 spiro atoms. The second-order valence-electron chi connectivity index (χ2n) is 7.49. The third-order valence-corrected chi connectivity index (χ3v) is 5.39. The summed E-state index contributed by atoms with van der Waals surface area (Å²) < 4.78 is 53.9. The summed E-state index contributed by atoms with van der Waals surface area (Å²) in [6.07, 6.45) is 7.23. The number of methoxy groups -OCH3 is 1. The molecule has 4 rings (SSSR count). The van der Waals surface area contributed by atoms with E-state index in [0.717, 1.165) is 29.1 Å². The Hall–Kier alpha value is -3.59.